The summed E-state index contributed by atoms with van der Waals surface area (Å²) in [4.78, 5) is 4.34. The van der Waals surface area contributed by atoms with E-state index < -0.39 is 0 Å². The molecule has 0 N–H and O–H groups in total. The second kappa shape index (κ2) is 3.95. The van der Waals surface area contributed by atoms with Gasteiger partial charge in [-0.2, -0.15) is 0 Å². The minimum atomic E-state index is 0.807. The summed E-state index contributed by atoms with van der Waals surface area (Å²) < 4.78 is 0. The van der Waals surface area contributed by atoms with Gasteiger partial charge in [-0.25, -0.2) is 0 Å². The third-order valence-corrected chi connectivity index (χ3v) is 3.18. The van der Waals surface area contributed by atoms with E-state index >= 15 is 0 Å². The van der Waals surface area contributed by atoms with E-state index in [-0.39, 0.29) is 0 Å². The standard InChI is InChI=1S/C13H17N/c1-3-4-11-5-6-13-10(2)14-8-7-12(13)9-11/h3,7-8,11H,1,4-6,9H2,2H3. The zero-order valence-corrected chi connectivity index (χ0v) is 8.79. The monoisotopic (exact) mass is 187 g/mol. The summed E-state index contributed by atoms with van der Waals surface area (Å²) >= 11 is 0. The lowest BCUT2D eigenvalue weighted by Crippen LogP contribution is -2.15. The molecule has 1 aromatic rings. The third-order valence-electron chi connectivity index (χ3n) is 3.18. The molecule has 1 atom stereocenters. The quantitative estimate of drug-likeness (QED) is 0.648. The van der Waals surface area contributed by atoms with Gasteiger partial charge in [0.25, 0.3) is 0 Å². The Bertz CT molecular complexity index is 341. The van der Waals surface area contributed by atoms with Crippen molar-refractivity contribution in [3.8, 4) is 0 Å². The molecule has 0 saturated heterocycles. The van der Waals surface area contributed by atoms with Gasteiger partial charge in [-0.15, -0.1) is 6.58 Å². The van der Waals surface area contributed by atoms with Gasteiger partial charge in [-0.1, -0.05) is 6.08 Å². The molecule has 1 unspecified atom stereocenters. The van der Waals surface area contributed by atoms with Crippen molar-refractivity contribution >= 4 is 0 Å². The van der Waals surface area contributed by atoms with Crippen LogP contribution in [-0.4, -0.2) is 4.98 Å². The van der Waals surface area contributed by atoms with Crippen molar-refractivity contribution in [2.45, 2.75) is 32.6 Å². The van der Waals surface area contributed by atoms with Crippen molar-refractivity contribution in [2.75, 3.05) is 0 Å². The molecule has 1 nitrogen and oxygen atoms in total. The highest BCUT2D eigenvalue weighted by molar-refractivity contribution is 5.31. The number of nitrogens with zero attached hydrogens (tertiary/aromatic N) is 1. The first-order valence-electron chi connectivity index (χ1n) is 5.35. The van der Waals surface area contributed by atoms with E-state index in [1.54, 1.807) is 0 Å². The van der Waals surface area contributed by atoms with Gasteiger partial charge in [0.15, 0.2) is 0 Å². The molecule has 1 aliphatic carbocycles. The Kier molecular flexibility index (Phi) is 2.67. The second-order valence-electron chi connectivity index (χ2n) is 4.17. The maximum atomic E-state index is 4.34. The first-order valence-corrected chi connectivity index (χ1v) is 5.35. The molecule has 74 valence electrons. The Balaban J connectivity index is 2.22. The molecule has 14 heavy (non-hydrogen) atoms. The largest absolute Gasteiger partial charge is 0.261 e. The Morgan fingerprint density at radius 1 is 1.64 bits per heavy atom. The second-order valence-corrected chi connectivity index (χ2v) is 4.17. The van der Waals surface area contributed by atoms with Crippen LogP contribution in [0.15, 0.2) is 24.9 Å². The fraction of sp³-hybridized carbons (Fsp3) is 0.462. The van der Waals surface area contributed by atoms with Gasteiger partial charge in [0.2, 0.25) is 0 Å². The normalized spacial score (nSPS) is 20.2. The predicted octanol–water partition coefficient (Wildman–Crippen LogP) is 3.07. The lowest BCUT2D eigenvalue weighted by molar-refractivity contribution is 0.462. The fourth-order valence-corrected chi connectivity index (χ4v) is 2.38. The van der Waals surface area contributed by atoms with Gasteiger partial charge in [0.05, 0.1) is 0 Å². The van der Waals surface area contributed by atoms with Gasteiger partial charge in [-0.05, 0) is 55.7 Å². The molecule has 0 aromatic carbocycles. The van der Waals surface area contributed by atoms with Crippen LogP contribution in [0.25, 0.3) is 0 Å². The van der Waals surface area contributed by atoms with Gasteiger partial charge < -0.3 is 0 Å². The first kappa shape index (κ1) is 9.45. The zero-order chi connectivity index (χ0) is 9.97. The summed E-state index contributed by atoms with van der Waals surface area (Å²) in [5.74, 6) is 0.807. The first-order chi connectivity index (χ1) is 6.81. The smallest absolute Gasteiger partial charge is 0.0407 e. The molecule has 1 aliphatic rings. The maximum Gasteiger partial charge on any atom is 0.0407 e. The number of pyridine rings is 1. The minimum Gasteiger partial charge on any atom is -0.261 e. The molecule has 0 fully saturated rings. The van der Waals surface area contributed by atoms with Crippen LogP contribution in [0, 0.1) is 12.8 Å². The van der Waals surface area contributed by atoms with Gasteiger partial charge >= 0.3 is 0 Å². The van der Waals surface area contributed by atoms with Crippen molar-refractivity contribution in [1.29, 1.82) is 0 Å². The van der Waals surface area contributed by atoms with Crippen LogP contribution in [0.1, 0.15) is 29.7 Å². The number of aryl methyl sites for hydroxylation is 1. The van der Waals surface area contributed by atoms with Crippen LogP contribution >= 0.6 is 0 Å². The average molecular weight is 187 g/mol. The number of rotatable bonds is 2. The number of fused-ring (bicyclic) bond motifs is 1. The van der Waals surface area contributed by atoms with E-state index in [4.69, 9.17) is 0 Å². The lowest BCUT2D eigenvalue weighted by atomic mass is 9.82. The molecule has 0 amide bonds. The van der Waals surface area contributed by atoms with Gasteiger partial charge in [-0.3, -0.25) is 4.98 Å². The SMILES string of the molecule is C=CCC1CCc2c(ccnc2C)C1. The molecule has 0 bridgehead atoms. The lowest BCUT2D eigenvalue weighted by Gasteiger charge is -2.24. The topological polar surface area (TPSA) is 12.9 Å². The molecule has 0 saturated carbocycles. The van der Waals surface area contributed by atoms with Crippen LogP contribution in [-0.2, 0) is 12.8 Å². The molecule has 1 heteroatoms. The van der Waals surface area contributed by atoms with E-state index in [9.17, 15) is 0 Å². The highest BCUT2D eigenvalue weighted by Crippen LogP contribution is 2.28. The molecule has 0 aliphatic heterocycles. The predicted molar refractivity (Wildman–Crippen MR) is 59.3 cm³/mol. The summed E-state index contributed by atoms with van der Waals surface area (Å²) in [6.45, 7) is 5.93. The van der Waals surface area contributed by atoms with E-state index in [0.29, 0.717) is 0 Å². The Morgan fingerprint density at radius 3 is 3.29 bits per heavy atom. The molecule has 0 radical (unpaired) electrons. The number of aromatic nitrogens is 1. The number of allylic oxidation sites excluding steroid dienone is 1. The Morgan fingerprint density at radius 2 is 2.50 bits per heavy atom. The molecule has 2 rings (SSSR count). The van der Waals surface area contributed by atoms with Gasteiger partial charge in [0.1, 0.15) is 0 Å². The zero-order valence-electron chi connectivity index (χ0n) is 8.79. The minimum absolute atomic E-state index is 0.807. The van der Waals surface area contributed by atoms with E-state index in [0.717, 1.165) is 12.3 Å². The van der Waals surface area contributed by atoms with Crippen LogP contribution < -0.4 is 0 Å². The molecular formula is C13H17N. The summed E-state index contributed by atoms with van der Waals surface area (Å²) in [5.41, 5.74) is 4.22. The van der Waals surface area contributed by atoms with Crippen molar-refractivity contribution in [3.05, 3.63) is 41.7 Å². The molecule has 0 spiro atoms. The Hall–Kier alpha value is -1.11. The molecule has 1 aromatic heterocycles. The van der Waals surface area contributed by atoms with Crippen molar-refractivity contribution in [2.24, 2.45) is 5.92 Å². The fourth-order valence-electron chi connectivity index (χ4n) is 2.38. The maximum absolute atomic E-state index is 4.34. The van der Waals surface area contributed by atoms with Crippen LogP contribution in [0.4, 0.5) is 0 Å². The van der Waals surface area contributed by atoms with E-state index in [1.165, 1.54) is 36.1 Å². The van der Waals surface area contributed by atoms with Crippen molar-refractivity contribution < 1.29 is 0 Å². The summed E-state index contributed by atoms with van der Waals surface area (Å²) in [6, 6.07) is 2.18. The number of hydrogen-bond acceptors (Lipinski definition) is 1. The molecular weight excluding hydrogens is 170 g/mol. The Labute approximate surface area is 85.9 Å². The highest BCUT2D eigenvalue weighted by atomic mass is 14.7. The van der Waals surface area contributed by atoms with Gasteiger partial charge in [0, 0.05) is 11.9 Å². The van der Waals surface area contributed by atoms with Crippen molar-refractivity contribution in [1.82, 2.24) is 4.98 Å². The molecule has 1 heterocycles. The number of hydrogen-bond donors (Lipinski definition) is 0. The summed E-state index contributed by atoms with van der Waals surface area (Å²) in [5, 5.41) is 0. The van der Waals surface area contributed by atoms with Crippen LogP contribution in [0.2, 0.25) is 0 Å². The third kappa shape index (κ3) is 1.72. The highest BCUT2D eigenvalue weighted by Gasteiger charge is 2.18. The summed E-state index contributed by atoms with van der Waals surface area (Å²) in [6.07, 6.45) is 8.85. The van der Waals surface area contributed by atoms with Crippen LogP contribution in [0.5, 0.6) is 0 Å². The summed E-state index contributed by atoms with van der Waals surface area (Å²) in [7, 11) is 0. The van der Waals surface area contributed by atoms with Crippen molar-refractivity contribution in [3.63, 3.8) is 0 Å². The van der Waals surface area contributed by atoms with E-state index in [1.807, 2.05) is 12.3 Å². The van der Waals surface area contributed by atoms with Crippen LogP contribution in [0.3, 0.4) is 0 Å². The van der Waals surface area contributed by atoms with E-state index in [2.05, 4.69) is 24.6 Å². The average Bonchev–Trinajstić information content (AvgIpc) is 2.18.